The van der Waals surface area contributed by atoms with Crippen LogP contribution in [0.4, 0.5) is 13.2 Å². The van der Waals surface area contributed by atoms with Crippen LogP contribution in [0.2, 0.25) is 0 Å². The maximum absolute atomic E-state index is 13.4. The van der Waals surface area contributed by atoms with Crippen molar-refractivity contribution in [3.63, 3.8) is 0 Å². The molecule has 0 radical (unpaired) electrons. The van der Waals surface area contributed by atoms with Gasteiger partial charge in [0.1, 0.15) is 5.82 Å². The first-order valence-electron chi connectivity index (χ1n) is 4.53. The Labute approximate surface area is 106 Å². The van der Waals surface area contributed by atoms with Crippen molar-refractivity contribution in [3.8, 4) is 0 Å². The van der Waals surface area contributed by atoms with Gasteiger partial charge in [0.05, 0.1) is 6.04 Å². The van der Waals surface area contributed by atoms with Gasteiger partial charge in [-0.15, -0.1) is 23.7 Å². The van der Waals surface area contributed by atoms with Crippen LogP contribution in [0.3, 0.4) is 0 Å². The molecule has 0 aliphatic rings. The lowest BCUT2D eigenvalue weighted by molar-refractivity contribution is 0.488. The Morgan fingerprint density at radius 1 is 1.06 bits per heavy atom. The summed E-state index contributed by atoms with van der Waals surface area (Å²) in [7, 11) is 0. The van der Waals surface area contributed by atoms with Crippen LogP contribution in [0.5, 0.6) is 0 Å². The molecular weight excluding hydrogens is 271 g/mol. The van der Waals surface area contributed by atoms with Gasteiger partial charge in [-0.1, -0.05) is 6.07 Å². The van der Waals surface area contributed by atoms with E-state index in [1.54, 1.807) is 17.5 Å². The molecular formula is C11H9ClF3NS. The third-order valence-corrected chi connectivity index (χ3v) is 3.18. The van der Waals surface area contributed by atoms with Gasteiger partial charge < -0.3 is 5.73 Å². The highest BCUT2D eigenvalue weighted by atomic mass is 35.5. The minimum absolute atomic E-state index is 0. The van der Waals surface area contributed by atoms with Crippen LogP contribution in [0.1, 0.15) is 16.5 Å². The number of thiophene rings is 1. The molecule has 17 heavy (non-hydrogen) atoms. The molecule has 0 unspecified atom stereocenters. The van der Waals surface area contributed by atoms with E-state index in [-0.39, 0.29) is 18.0 Å². The molecule has 0 saturated heterocycles. The Morgan fingerprint density at radius 2 is 1.71 bits per heavy atom. The van der Waals surface area contributed by atoms with Crippen LogP contribution in [-0.4, -0.2) is 0 Å². The first-order valence-corrected chi connectivity index (χ1v) is 5.41. The van der Waals surface area contributed by atoms with Gasteiger partial charge in [0.25, 0.3) is 0 Å². The largest absolute Gasteiger partial charge is 0.320 e. The van der Waals surface area contributed by atoms with E-state index < -0.39 is 23.5 Å². The van der Waals surface area contributed by atoms with Crippen molar-refractivity contribution >= 4 is 23.7 Å². The molecule has 0 amide bonds. The maximum atomic E-state index is 13.4. The Morgan fingerprint density at radius 3 is 2.29 bits per heavy atom. The van der Waals surface area contributed by atoms with Crippen LogP contribution < -0.4 is 5.73 Å². The number of halogens is 4. The van der Waals surface area contributed by atoms with Crippen molar-refractivity contribution < 1.29 is 13.2 Å². The lowest BCUT2D eigenvalue weighted by Crippen LogP contribution is -2.13. The molecule has 0 aliphatic carbocycles. The topological polar surface area (TPSA) is 26.0 Å². The van der Waals surface area contributed by atoms with Gasteiger partial charge in [-0.2, -0.15) is 0 Å². The summed E-state index contributed by atoms with van der Waals surface area (Å²) in [4.78, 5) is 0.699. The van der Waals surface area contributed by atoms with Gasteiger partial charge in [-0.05, 0) is 17.5 Å². The second kappa shape index (κ2) is 5.53. The smallest absolute Gasteiger partial charge is 0.161 e. The maximum Gasteiger partial charge on any atom is 0.161 e. The van der Waals surface area contributed by atoms with Crippen molar-refractivity contribution in [2.75, 3.05) is 0 Å². The van der Waals surface area contributed by atoms with Gasteiger partial charge in [0.15, 0.2) is 11.6 Å². The van der Waals surface area contributed by atoms with E-state index in [0.717, 1.165) is 6.07 Å². The molecule has 1 atom stereocenters. The second-order valence-electron chi connectivity index (χ2n) is 3.28. The highest BCUT2D eigenvalue weighted by molar-refractivity contribution is 7.10. The summed E-state index contributed by atoms with van der Waals surface area (Å²) in [5, 5.41) is 1.78. The van der Waals surface area contributed by atoms with Crippen LogP contribution in [0.15, 0.2) is 29.6 Å². The Bertz CT molecular complexity index is 502. The van der Waals surface area contributed by atoms with Gasteiger partial charge in [0, 0.05) is 16.5 Å². The number of nitrogens with two attached hydrogens (primary N) is 1. The highest BCUT2D eigenvalue weighted by Gasteiger charge is 2.17. The van der Waals surface area contributed by atoms with Crippen LogP contribution >= 0.6 is 23.7 Å². The van der Waals surface area contributed by atoms with Crippen molar-refractivity contribution in [1.29, 1.82) is 0 Å². The molecule has 1 nitrogen and oxygen atoms in total. The summed E-state index contributed by atoms with van der Waals surface area (Å²) >= 11 is 1.34. The fraction of sp³-hybridized carbons (Fsp3) is 0.0909. The first kappa shape index (κ1) is 14.0. The van der Waals surface area contributed by atoms with Crippen molar-refractivity contribution in [2.24, 2.45) is 5.73 Å². The Kier molecular flexibility index (Phi) is 4.56. The fourth-order valence-electron chi connectivity index (χ4n) is 1.40. The van der Waals surface area contributed by atoms with Gasteiger partial charge >= 0.3 is 0 Å². The summed E-state index contributed by atoms with van der Waals surface area (Å²) in [6.07, 6.45) is 0. The SMILES string of the molecule is Cl.N[C@H](c1cccs1)c1cc(F)c(F)cc1F. The number of benzene rings is 1. The lowest BCUT2D eigenvalue weighted by atomic mass is 10.1. The summed E-state index contributed by atoms with van der Waals surface area (Å²) in [6, 6.07) is 4.02. The highest BCUT2D eigenvalue weighted by Crippen LogP contribution is 2.26. The van der Waals surface area contributed by atoms with E-state index in [0.29, 0.717) is 10.9 Å². The Balaban J connectivity index is 0.00000144. The third-order valence-electron chi connectivity index (χ3n) is 2.22. The molecule has 0 saturated carbocycles. The zero-order valence-electron chi connectivity index (χ0n) is 8.49. The predicted octanol–water partition coefficient (Wildman–Crippen LogP) is 3.64. The first-order chi connectivity index (χ1) is 7.59. The molecule has 1 heterocycles. The van der Waals surface area contributed by atoms with Gasteiger partial charge in [-0.3, -0.25) is 0 Å². The van der Waals surface area contributed by atoms with Crippen LogP contribution in [-0.2, 0) is 0 Å². The second-order valence-corrected chi connectivity index (χ2v) is 4.26. The standard InChI is InChI=1S/C11H8F3NS.ClH/c12-7-5-9(14)8(13)4-6(7)11(15)10-2-1-3-16-10;/h1-5,11H,15H2;1H/t11-;/m0./s1. The molecule has 1 aromatic heterocycles. The van der Waals surface area contributed by atoms with Gasteiger partial charge in [-0.25, -0.2) is 13.2 Å². The minimum Gasteiger partial charge on any atom is -0.320 e. The third kappa shape index (κ3) is 2.80. The van der Waals surface area contributed by atoms with E-state index in [1.165, 1.54) is 11.3 Å². The average molecular weight is 280 g/mol. The molecule has 92 valence electrons. The number of hydrogen-bond donors (Lipinski definition) is 1. The number of hydrogen-bond acceptors (Lipinski definition) is 2. The monoisotopic (exact) mass is 279 g/mol. The molecule has 2 rings (SSSR count). The summed E-state index contributed by atoms with van der Waals surface area (Å²) < 4.78 is 39.1. The molecule has 0 aliphatic heterocycles. The minimum atomic E-state index is -1.21. The summed E-state index contributed by atoms with van der Waals surface area (Å²) in [5.74, 6) is -3.14. The summed E-state index contributed by atoms with van der Waals surface area (Å²) in [6.45, 7) is 0. The normalized spacial score (nSPS) is 12.0. The average Bonchev–Trinajstić information content (AvgIpc) is 2.75. The van der Waals surface area contributed by atoms with E-state index in [4.69, 9.17) is 5.73 Å². The van der Waals surface area contributed by atoms with Crippen molar-refractivity contribution in [3.05, 3.63) is 57.5 Å². The van der Waals surface area contributed by atoms with Crippen molar-refractivity contribution in [2.45, 2.75) is 6.04 Å². The predicted molar refractivity (Wildman–Crippen MR) is 63.9 cm³/mol. The molecule has 6 heteroatoms. The van der Waals surface area contributed by atoms with E-state index >= 15 is 0 Å². The molecule has 2 aromatic rings. The zero-order valence-corrected chi connectivity index (χ0v) is 10.1. The molecule has 0 fully saturated rings. The van der Waals surface area contributed by atoms with Crippen LogP contribution in [0.25, 0.3) is 0 Å². The zero-order chi connectivity index (χ0) is 11.7. The fourth-order valence-corrected chi connectivity index (χ4v) is 2.14. The molecule has 0 spiro atoms. The quantitative estimate of drug-likeness (QED) is 0.835. The van der Waals surface area contributed by atoms with E-state index in [1.807, 2.05) is 0 Å². The molecule has 0 bridgehead atoms. The molecule has 2 N–H and O–H groups in total. The van der Waals surface area contributed by atoms with Crippen LogP contribution in [0, 0.1) is 17.5 Å². The van der Waals surface area contributed by atoms with E-state index in [2.05, 4.69) is 0 Å². The molecule has 1 aromatic carbocycles. The Hall–Kier alpha value is -1.04. The van der Waals surface area contributed by atoms with Crippen molar-refractivity contribution in [1.82, 2.24) is 0 Å². The number of rotatable bonds is 2. The van der Waals surface area contributed by atoms with E-state index in [9.17, 15) is 13.2 Å². The van der Waals surface area contributed by atoms with Gasteiger partial charge in [0.2, 0.25) is 0 Å². The lowest BCUT2D eigenvalue weighted by Gasteiger charge is -2.11. The summed E-state index contributed by atoms with van der Waals surface area (Å²) in [5.41, 5.74) is 5.72.